The number of fused-ring (bicyclic) bond motifs is 3. The molecule has 0 atom stereocenters. The molecule has 0 amide bonds. The Bertz CT molecular complexity index is 1390. The summed E-state index contributed by atoms with van der Waals surface area (Å²) >= 11 is 0. The molecule has 10 heteroatoms. The number of aromatic amines is 1. The standard InChI is InChI=1S/C21H13F3N6O/c22-21(23,24)31-13-4-1-3-12(9-13)28-20-15-7-8-25-10-17(15)14-5-2-6-16(18(14)29-20)19-26-11-27-30-19/h1-11H,(H,28,29)(H,26,27,30). The third kappa shape index (κ3) is 3.70. The van der Waals surface area contributed by atoms with Crippen molar-refractivity contribution in [1.82, 2.24) is 25.1 Å². The van der Waals surface area contributed by atoms with Crippen LogP contribution >= 0.6 is 0 Å². The number of para-hydroxylation sites is 1. The average Bonchev–Trinajstić information content (AvgIpc) is 3.27. The van der Waals surface area contributed by atoms with Crippen LogP contribution in [0.4, 0.5) is 24.7 Å². The maximum atomic E-state index is 12.6. The topological polar surface area (TPSA) is 88.6 Å². The fraction of sp³-hybridized carbons (Fsp3) is 0.0476. The van der Waals surface area contributed by atoms with Crippen molar-refractivity contribution in [2.75, 3.05) is 5.32 Å². The van der Waals surface area contributed by atoms with Gasteiger partial charge in [0.2, 0.25) is 0 Å². The van der Waals surface area contributed by atoms with Crippen LogP contribution in [0.5, 0.6) is 5.75 Å². The lowest BCUT2D eigenvalue weighted by molar-refractivity contribution is -0.274. The molecule has 5 rings (SSSR count). The van der Waals surface area contributed by atoms with Gasteiger partial charge in [0.1, 0.15) is 17.9 Å². The number of H-pyrrole nitrogens is 1. The van der Waals surface area contributed by atoms with Crippen LogP contribution in [-0.2, 0) is 0 Å². The van der Waals surface area contributed by atoms with Gasteiger partial charge in [-0.25, -0.2) is 4.98 Å². The molecule has 0 fully saturated rings. The van der Waals surface area contributed by atoms with Crippen molar-refractivity contribution in [1.29, 1.82) is 0 Å². The first-order valence-electron chi connectivity index (χ1n) is 9.14. The molecule has 0 saturated carbocycles. The number of ether oxygens (including phenoxy) is 1. The summed E-state index contributed by atoms with van der Waals surface area (Å²) in [5.41, 5.74) is 1.77. The Kier molecular flexibility index (Phi) is 4.39. The molecular formula is C21H13F3N6O. The number of aromatic nitrogens is 5. The van der Waals surface area contributed by atoms with Gasteiger partial charge in [0.05, 0.1) is 5.52 Å². The number of rotatable bonds is 4. The maximum absolute atomic E-state index is 12.6. The van der Waals surface area contributed by atoms with Crippen LogP contribution in [0.2, 0.25) is 0 Å². The monoisotopic (exact) mass is 422 g/mol. The Morgan fingerprint density at radius 2 is 1.84 bits per heavy atom. The highest BCUT2D eigenvalue weighted by Crippen LogP contribution is 2.35. The zero-order valence-corrected chi connectivity index (χ0v) is 15.7. The summed E-state index contributed by atoms with van der Waals surface area (Å²) in [4.78, 5) is 12.0. The van der Waals surface area contributed by atoms with Crippen LogP contribution < -0.4 is 10.1 Å². The summed E-state index contributed by atoms with van der Waals surface area (Å²) in [5, 5.41) is 13.5. The number of nitrogens with zero attached hydrogens (tertiary/aromatic N) is 4. The third-order valence-corrected chi connectivity index (χ3v) is 4.63. The Morgan fingerprint density at radius 1 is 0.968 bits per heavy atom. The van der Waals surface area contributed by atoms with E-state index in [1.807, 2.05) is 18.2 Å². The lowest BCUT2D eigenvalue weighted by Gasteiger charge is -2.14. The number of nitrogens with one attached hydrogen (secondary N) is 2. The van der Waals surface area contributed by atoms with E-state index in [1.54, 1.807) is 24.5 Å². The van der Waals surface area contributed by atoms with Gasteiger partial charge in [-0.15, -0.1) is 23.4 Å². The largest absolute Gasteiger partial charge is 0.573 e. The van der Waals surface area contributed by atoms with Gasteiger partial charge >= 0.3 is 6.36 Å². The molecule has 31 heavy (non-hydrogen) atoms. The van der Waals surface area contributed by atoms with E-state index in [4.69, 9.17) is 4.98 Å². The van der Waals surface area contributed by atoms with Crippen molar-refractivity contribution in [3.8, 4) is 17.1 Å². The minimum absolute atomic E-state index is 0.327. The molecule has 0 spiro atoms. The number of halogens is 3. The molecule has 5 aromatic rings. The first-order valence-corrected chi connectivity index (χ1v) is 9.14. The van der Waals surface area contributed by atoms with Gasteiger partial charge in [0.15, 0.2) is 5.82 Å². The molecule has 0 aliphatic carbocycles. The summed E-state index contributed by atoms with van der Waals surface area (Å²) in [6.07, 6.45) is 0.0502. The molecule has 0 aliphatic rings. The minimum Gasteiger partial charge on any atom is -0.406 e. The van der Waals surface area contributed by atoms with Crippen molar-refractivity contribution in [3.05, 3.63) is 67.3 Å². The summed E-state index contributed by atoms with van der Waals surface area (Å²) in [6, 6.07) is 13.1. The van der Waals surface area contributed by atoms with Crippen molar-refractivity contribution >= 4 is 33.2 Å². The Morgan fingerprint density at radius 3 is 2.65 bits per heavy atom. The summed E-state index contributed by atoms with van der Waals surface area (Å²) in [6.45, 7) is 0. The van der Waals surface area contributed by atoms with Crippen LogP contribution in [-0.4, -0.2) is 31.5 Å². The van der Waals surface area contributed by atoms with E-state index in [1.165, 1.54) is 24.5 Å². The van der Waals surface area contributed by atoms with Gasteiger partial charge < -0.3 is 15.0 Å². The van der Waals surface area contributed by atoms with Crippen LogP contribution in [0.15, 0.2) is 67.3 Å². The van der Waals surface area contributed by atoms with E-state index in [0.29, 0.717) is 22.8 Å². The highest BCUT2D eigenvalue weighted by molar-refractivity contribution is 6.13. The number of benzene rings is 2. The van der Waals surface area contributed by atoms with Gasteiger partial charge in [-0.05, 0) is 24.3 Å². The normalized spacial score (nSPS) is 11.7. The second-order valence-electron chi connectivity index (χ2n) is 6.62. The van der Waals surface area contributed by atoms with Gasteiger partial charge in [0, 0.05) is 45.9 Å². The molecule has 0 saturated heterocycles. The van der Waals surface area contributed by atoms with E-state index < -0.39 is 6.36 Å². The predicted molar refractivity (Wildman–Crippen MR) is 109 cm³/mol. The van der Waals surface area contributed by atoms with Gasteiger partial charge in [-0.1, -0.05) is 18.2 Å². The smallest absolute Gasteiger partial charge is 0.406 e. The van der Waals surface area contributed by atoms with Gasteiger partial charge in [-0.3, -0.25) is 4.98 Å². The molecule has 154 valence electrons. The minimum atomic E-state index is -4.77. The highest BCUT2D eigenvalue weighted by Gasteiger charge is 2.31. The average molecular weight is 422 g/mol. The first kappa shape index (κ1) is 18.8. The van der Waals surface area contributed by atoms with Crippen LogP contribution in [0.25, 0.3) is 33.1 Å². The van der Waals surface area contributed by atoms with Gasteiger partial charge in [0.25, 0.3) is 0 Å². The van der Waals surface area contributed by atoms with Crippen molar-refractivity contribution in [2.24, 2.45) is 0 Å². The molecule has 3 aromatic heterocycles. The van der Waals surface area contributed by atoms with Crippen molar-refractivity contribution in [2.45, 2.75) is 6.36 Å². The van der Waals surface area contributed by atoms with Crippen molar-refractivity contribution in [3.63, 3.8) is 0 Å². The van der Waals surface area contributed by atoms with E-state index in [-0.39, 0.29) is 5.75 Å². The molecule has 0 radical (unpaired) electrons. The van der Waals surface area contributed by atoms with Crippen LogP contribution in [0, 0.1) is 0 Å². The number of anilines is 2. The molecule has 0 aliphatic heterocycles. The summed E-state index contributed by atoms with van der Waals surface area (Å²) in [5.74, 6) is 0.681. The maximum Gasteiger partial charge on any atom is 0.573 e. The molecule has 0 unspecified atom stereocenters. The number of pyridine rings is 2. The Hall–Kier alpha value is -4.21. The van der Waals surface area contributed by atoms with Crippen LogP contribution in [0.1, 0.15) is 0 Å². The molecule has 0 bridgehead atoms. The van der Waals surface area contributed by atoms with E-state index in [9.17, 15) is 13.2 Å². The molecular weight excluding hydrogens is 409 g/mol. The highest BCUT2D eigenvalue weighted by atomic mass is 19.4. The Balaban J connectivity index is 1.66. The first-order chi connectivity index (χ1) is 15.0. The molecule has 3 heterocycles. The zero-order valence-electron chi connectivity index (χ0n) is 15.7. The third-order valence-electron chi connectivity index (χ3n) is 4.63. The van der Waals surface area contributed by atoms with E-state index >= 15 is 0 Å². The number of hydrogen-bond donors (Lipinski definition) is 2. The summed E-state index contributed by atoms with van der Waals surface area (Å²) < 4.78 is 41.8. The fourth-order valence-electron chi connectivity index (χ4n) is 3.40. The second kappa shape index (κ2) is 7.24. The van der Waals surface area contributed by atoms with Gasteiger partial charge in [-0.2, -0.15) is 0 Å². The van der Waals surface area contributed by atoms with E-state index in [2.05, 4.69) is 30.2 Å². The number of hydrogen-bond acceptors (Lipinski definition) is 6. The zero-order chi connectivity index (χ0) is 21.4. The lowest BCUT2D eigenvalue weighted by atomic mass is 10.0. The lowest BCUT2D eigenvalue weighted by Crippen LogP contribution is -2.17. The molecule has 2 N–H and O–H groups in total. The fourth-order valence-corrected chi connectivity index (χ4v) is 3.40. The van der Waals surface area contributed by atoms with E-state index in [0.717, 1.165) is 21.7 Å². The quantitative estimate of drug-likeness (QED) is 0.387. The molecule has 2 aromatic carbocycles. The van der Waals surface area contributed by atoms with Crippen LogP contribution in [0.3, 0.4) is 0 Å². The Labute approximate surface area is 172 Å². The second-order valence-corrected chi connectivity index (χ2v) is 6.62. The summed E-state index contributed by atoms with van der Waals surface area (Å²) in [7, 11) is 0. The van der Waals surface area contributed by atoms with Crippen molar-refractivity contribution < 1.29 is 17.9 Å². The number of alkyl halides is 3. The molecule has 7 nitrogen and oxygen atoms in total. The SMILES string of the molecule is FC(F)(F)Oc1cccc(Nc2nc3c(-c4nnc[nH]4)cccc3c3cnccc23)c1. The predicted octanol–water partition coefficient (Wildman–Crippen LogP) is 5.21.